The van der Waals surface area contributed by atoms with Crippen molar-refractivity contribution < 1.29 is 9.59 Å². The molecule has 1 fully saturated rings. The highest BCUT2D eigenvalue weighted by Crippen LogP contribution is 2.22. The third kappa shape index (κ3) is 3.97. The molecule has 2 aromatic heterocycles. The largest absolute Gasteiger partial charge is 0.354 e. The SMILES string of the molecule is CCCNC(=O)c1ccc2ccc(N3CCN(C(=O)c4ccccc4)CC3)n2c1. The van der Waals surface area contributed by atoms with Crippen molar-refractivity contribution in [2.75, 3.05) is 37.6 Å². The number of pyridine rings is 1. The third-order valence-corrected chi connectivity index (χ3v) is 5.34. The zero-order chi connectivity index (χ0) is 20.2. The Bertz CT molecular complexity index is 1000. The molecule has 3 aromatic rings. The van der Waals surface area contributed by atoms with Gasteiger partial charge in [0.1, 0.15) is 5.82 Å². The molecule has 0 saturated carbocycles. The minimum atomic E-state index is -0.0494. The molecule has 150 valence electrons. The summed E-state index contributed by atoms with van der Waals surface area (Å²) >= 11 is 0. The number of carbonyl (C=O) groups excluding carboxylic acids is 2. The number of nitrogens with one attached hydrogen (secondary N) is 1. The number of anilines is 1. The number of aromatic nitrogens is 1. The molecule has 6 heteroatoms. The molecule has 2 amide bonds. The van der Waals surface area contributed by atoms with E-state index in [0.29, 0.717) is 25.2 Å². The van der Waals surface area contributed by atoms with E-state index in [1.165, 1.54) is 0 Å². The van der Waals surface area contributed by atoms with E-state index >= 15 is 0 Å². The van der Waals surface area contributed by atoms with Crippen molar-refractivity contribution in [2.24, 2.45) is 0 Å². The number of hydrogen-bond donors (Lipinski definition) is 1. The van der Waals surface area contributed by atoms with Crippen LogP contribution in [0.2, 0.25) is 0 Å². The molecule has 1 saturated heterocycles. The van der Waals surface area contributed by atoms with Crippen molar-refractivity contribution >= 4 is 23.1 Å². The number of benzene rings is 1. The van der Waals surface area contributed by atoms with Crippen LogP contribution in [0, 0.1) is 0 Å². The summed E-state index contributed by atoms with van der Waals surface area (Å²) in [5.74, 6) is 1.09. The Morgan fingerprint density at radius 2 is 1.62 bits per heavy atom. The topological polar surface area (TPSA) is 57.1 Å². The first-order valence-corrected chi connectivity index (χ1v) is 10.2. The fourth-order valence-corrected chi connectivity index (χ4v) is 3.72. The molecule has 1 aromatic carbocycles. The normalized spacial score (nSPS) is 14.2. The highest BCUT2D eigenvalue weighted by Gasteiger charge is 2.23. The number of piperazine rings is 1. The van der Waals surface area contributed by atoms with Crippen molar-refractivity contribution in [3.8, 4) is 0 Å². The Morgan fingerprint density at radius 1 is 0.897 bits per heavy atom. The molecule has 0 spiro atoms. The minimum absolute atomic E-state index is 0.0494. The molecule has 1 aliphatic rings. The second-order valence-corrected chi connectivity index (χ2v) is 7.31. The van der Waals surface area contributed by atoms with Gasteiger partial charge in [-0.15, -0.1) is 0 Å². The lowest BCUT2D eigenvalue weighted by Gasteiger charge is -2.36. The molecular formula is C23H26N4O2. The predicted octanol–water partition coefficient (Wildman–Crippen LogP) is 3.04. The second kappa shape index (κ2) is 8.39. The summed E-state index contributed by atoms with van der Waals surface area (Å²) in [6.07, 6.45) is 2.81. The van der Waals surface area contributed by atoms with E-state index in [-0.39, 0.29) is 11.8 Å². The van der Waals surface area contributed by atoms with Gasteiger partial charge in [-0.25, -0.2) is 0 Å². The summed E-state index contributed by atoms with van der Waals surface area (Å²) in [4.78, 5) is 29.2. The maximum Gasteiger partial charge on any atom is 0.253 e. The van der Waals surface area contributed by atoms with Crippen LogP contribution in [0.4, 0.5) is 5.82 Å². The van der Waals surface area contributed by atoms with Crippen LogP contribution < -0.4 is 10.2 Å². The van der Waals surface area contributed by atoms with Gasteiger partial charge >= 0.3 is 0 Å². The molecule has 0 bridgehead atoms. The second-order valence-electron chi connectivity index (χ2n) is 7.31. The zero-order valence-electron chi connectivity index (χ0n) is 16.7. The van der Waals surface area contributed by atoms with Gasteiger partial charge in [-0.3, -0.25) is 9.59 Å². The lowest BCUT2D eigenvalue weighted by atomic mass is 10.2. The number of amides is 2. The van der Waals surface area contributed by atoms with E-state index < -0.39 is 0 Å². The molecule has 0 aliphatic carbocycles. The molecule has 3 heterocycles. The number of hydrogen-bond acceptors (Lipinski definition) is 3. The summed E-state index contributed by atoms with van der Waals surface area (Å²) in [5.41, 5.74) is 2.44. The third-order valence-electron chi connectivity index (χ3n) is 5.34. The van der Waals surface area contributed by atoms with Gasteiger partial charge in [0.2, 0.25) is 0 Å². The maximum atomic E-state index is 12.7. The summed E-state index contributed by atoms with van der Waals surface area (Å²) in [6.45, 7) is 5.59. The van der Waals surface area contributed by atoms with Gasteiger partial charge in [0.05, 0.1) is 5.56 Å². The zero-order valence-corrected chi connectivity index (χ0v) is 16.7. The van der Waals surface area contributed by atoms with Crippen LogP contribution in [0.1, 0.15) is 34.1 Å². The smallest absolute Gasteiger partial charge is 0.253 e. The van der Waals surface area contributed by atoms with Crippen LogP contribution in [0.15, 0.2) is 60.8 Å². The lowest BCUT2D eigenvalue weighted by Crippen LogP contribution is -2.49. The molecule has 4 rings (SSSR count). The average Bonchev–Trinajstić information content (AvgIpc) is 3.21. The van der Waals surface area contributed by atoms with Crippen LogP contribution in [0.3, 0.4) is 0 Å². The predicted molar refractivity (Wildman–Crippen MR) is 115 cm³/mol. The number of carbonyl (C=O) groups is 2. The first kappa shape index (κ1) is 19.1. The molecule has 0 unspecified atom stereocenters. The molecule has 0 atom stereocenters. The highest BCUT2D eigenvalue weighted by atomic mass is 16.2. The monoisotopic (exact) mass is 390 g/mol. The number of nitrogens with zero attached hydrogens (tertiary/aromatic N) is 3. The maximum absolute atomic E-state index is 12.7. The standard InChI is InChI=1S/C23H26N4O2/c1-2-12-24-22(28)19-8-9-20-10-11-21(27(20)17-19)25-13-15-26(16-14-25)23(29)18-6-4-3-5-7-18/h3-11,17H,2,12-16H2,1H3,(H,24,28). The summed E-state index contributed by atoms with van der Waals surface area (Å²) in [6, 6.07) is 17.4. The summed E-state index contributed by atoms with van der Waals surface area (Å²) < 4.78 is 2.07. The van der Waals surface area contributed by atoms with Crippen molar-refractivity contribution in [3.05, 3.63) is 71.9 Å². The first-order valence-electron chi connectivity index (χ1n) is 10.2. The van der Waals surface area contributed by atoms with E-state index in [1.807, 2.05) is 60.5 Å². The van der Waals surface area contributed by atoms with Gasteiger partial charge in [0, 0.05) is 50.0 Å². The van der Waals surface area contributed by atoms with Gasteiger partial charge < -0.3 is 19.5 Å². The Labute approximate surface area is 170 Å². The fraction of sp³-hybridized carbons (Fsp3) is 0.304. The Balaban J connectivity index is 1.48. The van der Waals surface area contributed by atoms with Crippen LogP contribution in [-0.2, 0) is 0 Å². The average molecular weight is 390 g/mol. The van der Waals surface area contributed by atoms with E-state index in [4.69, 9.17) is 0 Å². The first-order chi connectivity index (χ1) is 14.2. The van der Waals surface area contributed by atoms with Crippen molar-refractivity contribution in [3.63, 3.8) is 0 Å². The molecular weight excluding hydrogens is 364 g/mol. The van der Waals surface area contributed by atoms with Crippen molar-refractivity contribution in [1.29, 1.82) is 0 Å². The van der Waals surface area contributed by atoms with Gasteiger partial charge in [-0.05, 0) is 42.8 Å². The van der Waals surface area contributed by atoms with E-state index in [9.17, 15) is 9.59 Å². The van der Waals surface area contributed by atoms with Crippen LogP contribution in [-0.4, -0.2) is 53.8 Å². The number of rotatable bonds is 5. The fourth-order valence-electron chi connectivity index (χ4n) is 3.72. The molecule has 29 heavy (non-hydrogen) atoms. The Kier molecular flexibility index (Phi) is 5.51. The number of fused-ring (bicyclic) bond motifs is 1. The van der Waals surface area contributed by atoms with E-state index in [0.717, 1.165) is 36.4 Å². The Hall–Kier alpha value is -3.28. The molecule has 1 aliphatic heterocycles. The summed E-state index contributed by atoms with van der Waals surface area (Å²) in [7, 11) is 0. The molecule has 0 radical (unpaired) electrons. The summed E-state index contributed by atoms with van der Waals surface area (Å²) in [5, 5.41) is 2.93. The van der Waals surface area contributed by atoms with Crippen LogP contribution in [0.25, 0.3) is 5.52 Å². The van der Waals surface area contributed by atoms with Gasteiger partial charge in [0.25, 0.3) is 11.8 Å². The van der Waals surface area contributed by atoms with E-state index in [1.54, 1.807) is 0 Å². The van der Waals surface area contributed by atoms with Crippen LogP contribution in [0.5, 0.6) is 0 Å². The quantitative estimate of drug-likeness (QED) is 0.729. The molecule has 6 nitrogen and oxygen atoms in total. The molecule has 1 N–H and O–H groups in total. The highest BCUT2D eigenvalue weighted by molar-refractivity contribution is 5.95. The van der Waals surface area contributed by atoms with Gasteiger partial charge in [-0.2, -0.15) is 0 Å². The minimum Gasteiger partial charge on any atom is -0.354 e. The van der Waals surface area contributed by atoms with Crippen LogP contribution >= 0.6 is 0 Å². The van der Waals surface area contributed by atoms with E-state index in [2.05, 4.69) is 26.8 Å². The van der Waals surface area contributed by atoms with Gasteiger partial charge in [0.15, 0.2) is 0 Å². The van der Waals surface area contributed by atoms with Crippen molar-refractivity contribution in [1.82, 2.24) is 14.6 Å². The van der Waals surface area contributed by atoms with Crippen molar-refractivity contribution in [2.45, 2.75) is 13.3 Å². The van der Waals surface area contributed by atoms with Gasteiger partial charge in [-0.1, -0.05) is 25.1 Å². The lowest BCUT2D eigenvalue weighted by molar-refractivity contribution is 0.0746. The Morgan fingerprint density at radius 3 is 2.34 bits per heavy atom.